The normalized spacial score (nSPS) is 11.7. The van der Waals surface area contributed by atoms with Gasteiger partial charge < -0.3 is 0 Å². The van der Waals surface area contributed by atoms with Crippen molar-refractivity contribution >= 4 is 63.8 Å². The maximum absolute atomic E-state index is 2.42. The third-order valence-corrected chi connectivity index (χ3v) is 10.0. The second-order valence-corrected chi connectivity index (χ2v) is 12.3. The SMILES string of the molecule is c1ccc(-c2c3ccccc3c(-c3ccc4c(c3)sc3c(-c5ccc6ccccc6c5)cccc34)c3ccccc23)cc1. The summed E-state index contributed by atoms with van der Waals surface area (Å²) >= 11 is 1.91. The highest BCUT2D eigenvalue weighted by atomic mass is 32.1. The Kier molecular flexibility index (Phi) is 5.47. The Balaban J connectivity index is 1.29. The molecule has 1 heteroatoms. The molecule has 0 aliphatic rings. The van der Waals surface area contributed by atoms with Gasteiger partial charge in [-0.05, 0) is 77.8 Å². The minimum atomic E-state index is 1.25. The van der Waals surface area contributed by atoms with Gasteiger partial charge in [0.15, 0.2) is 0 Å². The summed E-state index contributed by atoms with van der Waals surface area (Å²) in [6, 6.07) is 57.9. The fraction of sp³-hybridized carbons (Fsp3) is 0. The monoisotopic (exact) mass is 562 g/mol. The molecule has 9 aromatic rings. The molecule has 0 radical (unpaired) electrons. The van der Waals surface area contributed by atoms with Crippen LogP contribution < -0.4 is 0 Å². The molecule has 1 heterocycles. The number of rotatable bonds is 3. The molecule has 0 saturated carbocycles. The second-order valence-electron chi connectivity index (χ2n) is 11.3. The molecule has 0 unspecified atom stereocenters. The number of hydrogen-bond donors (Lipinski definition) is 0. The van der Waals surface area contributed by atoms with Crippen LogP contribution in [0.2, 0.25) is 0 Å². The highest BCUT2D eigenvalue weighted by molar-refractivity contribution is 7.26. The minimum Gasteiger partial charge on any atom is -0.135 e. The predicted molar refractivity (Wildman–Crippen MR) is 188 cm³/mol. The van der Waals surface area contributed by atoms with Gasteiger partial charge in [-0.3, -0.25) is 0 Å². The van der Waals surface area contributed by atoms with Crippen LogP contribution in [0.15, 0.2) is 158 Å². The first kappa shape index (κ1) is 24.4. The van der Waals surface area contributed by atoms with E-state index in [1.165, 1.54) is 85.9 Å². The Morgan fingerprint density at radius 3 is 1.63 bits per heavy atom. The van der Waals surface area contributed by atoms with Crippen LogP contribution in [-0.4, -0.2) is 0 Å². The molecule has 0 saturated heterocycles. The van der Waals surface area contributed by atoms with Crippen LogP contribution in [0.1, 0.15) is 0 Å². The lowest BCUT2D eigenvalue weighted by Crippen LogP contribution is -1.90. The summed E-state index contributed by atoms with van der Waals surface area (Å²) in [5.74, 6) is 0. The largest absolute Gasteiger partial charge is 0.135 e. The van der Waals surface area contributed by atoms with Crippen LogP contribution in [0.25, 0.3) is 85.9 Å². The van der Waals surface area contributed by atoms with E-state index in [9.17, 15) is 0 Å². The molecule has 200 valence electrons. The van der Waals surface area contributed by atoms with Crippen LogP contribution in [0.5, 0.6) is 0 Å². The average molecular weight is 563 g/mol. The van der Waals surface area contributed by atoms with Crippen LogP contribution in [0, 0.1) is 0 Å². The second kappa shape index (κ2) is 9.66. The zero-order chi connectivity index (χ0) is 28.3. The lowest BCUT2D eigenvalue weighted by molar-refractivity contribution is 1.66. The molecule has 0 aliphatic heterocycles. The lowest BCUT2D eigenvalue weighted by atomic mass is 9.86. The molecule has 0 spiro atoms. The predicted octanol–water partition coefficient (Wildman–Crippen LogP) is 12.5. The van der Waals surface area contributed by atoms with Crippen molar-refractivity contribution in [2.45, 2.75) is 0 Å². The van der Waals surface area contributed by atoms with E-state index in [1.807, 2.05) is 11.3 Å². The van der Waals surface area contributed by atoms with Gasteiger partial charge in [0.2, 0.25) is 0 Å². The van der Waals surface area contributed by atoms with Crippen molar-refractivity contribution in [2.24, 2.45) is 0 Å². The molecule has 0 nitrogen and oxygen atoms in total. The number of thiophene rings is 1. The van der Waals surface area contributed by atoms with Crippen LogP contribution in [0.4, 0.5) is 0 Å². The maximum Gasteiger partial charge on any atom is 0.0433 e. The van der Waals surface area contributed by atoms with E-state index in [1.54, 1.807) is 0 Å². The van der Waals surface area contributed by atoms with Gasteiger partial charge >= 0.3 is 0 Å². The Morgan fingerprint density at radius 2 is 0.907 bits per heavy atom. The van der Waals surface area contributed by atoms with Gasteiger partial charge in [-0.2, -0.15) is 0 Å². The summed E-state index contributed by atoms with van der Waals surface area (Å²) in [5, 5.41) is 10.4. The molecular formula is C42H26S. The molecule has 1 aromatic heterocycles. The summed E-state index contributed by atoms with van der Waals surface area (Å²) in [6.45, 7) is 0. The third kappa shape index (κ3) is 3.82. The van der Waals surface area contributed by atoms with E-state index in [4.69, 9.17) is 0 Å². The molecule has 43 heavy (non-hydrogen) atoms. The number of fused-ring (bicyclic) bond motifs is 6. The molecule has 0 aliphatic carbocycles. The molecule has 0 N–H and O–H groups in total. The summed E-state index contributed by atoms with van der Waals surface area (Å²) in [5.41, 5.74) is 7.69. The van der Waals surface area contributed by atoms with E-state index in [2.05, 4.69) is 158 Å². The Bertz CT molecular complexity index is 2440. The van der Waals surface area contributed by atoms with Gasteiger partial charge in [0.05, 0.1) is 0 Å². The quantitative estimate of drug-likeness (QED) is 0.188. The zero-order valence-electron chi connectivity index (χ0n) is 23.4. The molecule has 0 amide bonds. The summed E-state index contributed by atoms with van der Waals surface area (Å²) in [7, 11) is 0. The van der Waals surface area contributed by atoms with Gasteiger partial charge in [-0.15, -0.1) is 11.3 Å². The summed E-state index contributed by atoms with van der Waals surface area (Å²) in [4.78, 5) is 0. The molecule has 0 bridgehead atoms. The van der Waals surface area contributed by atoms with Crippen molar-refractivity contribution in [3.8, 4) is 33.4 Å². The van der Waals surface area contributed by atoms with Crippen molar-refractivity contribution in [2.75, 3.05) is 0 Å². The highest BCUT2D eigenvalue weighted by Crippen LogP contribution is 2.46. The first-order chi connectivity index (χ1) is 21.3. The zero-order valence-corrected chi connectivity index (χ0v) is 24.2. The first-order valence-electron chi connectivity index (χ1n) is 14.8. The number of hydrogen-bond acceptors (Lipinski definition) is 1. The topological polar surface area (TPSA) is 0 Å². The van der Waals surface area contributed by atoms with Crippen LogP contribution in [0.3, 0.4) is 0 Å². The van der Waals surface area contributed by atoms with Gasteiger partial charge in [-0.1, -0.05) is 146 Å². The molecule has 9 rings (SSSR count). The molecular weight excluding hydrogens is 537 g/mol. The average Bonchev–Trinajstić information content (AvgIpc) is 3.45. The van der Waals surface area contributed by atoms with Gasteiger partial charge in [0, 0.05) is 20.2 Å². The van der Waals surface area contributed by atoms with E-state index in [0.717, 1.165) is 0 Å². The molecule has 0 fully saturated rings. The Labute approximate surface area is 254 Å². The van der Waals surface area contributed by atoms with Gasteiger partial charge in [0.25, 0.3) is 0 Å². The summed E-state index contributed by atoms with van der Waals surface area (Å²) in [6.07, 6.45) is 0. The Hall–Kier alpha value is -5.24. The summed E-state index contributed by atoms with van der Waals surface area (Å²) < 4.78 is 2.67. The van der Waals surface area contributed by atoms with Crippen LogP contribution >= 0.6 is 11.3 Å². The standard InChI is InChI=1S/C42H26S/c1-2-12-28(13-3-1)40-34-15-6-8-17-36(34)41(37-18-9-7-16-35(37)40)31-23-24-33-38-20-10-19-32(42(38)43-39(33)26-31)30-22-21-27-11-4-5-14-29(27)25-30/h1-26H. The van der Waals surface area contributed by atoms with Crippen molar-refractivity contribution in [3.05, 3.63) is 158 Å². The van der Waals surface area contributed by atoms with E-state index in [0.29, 0.717) is 0 Å². The van der Waals surface area contributed by atoms with Crippen LogP contribution in [-0.2, 0) is 0 Å². The third-order valence-electron chi connectivity index (χ3n) is 8.84. The number of benzene rings is 8. The smallest absolute Gasteiger partial charge is 0.0433 e. The fourth-order valence-electron chi connectivity index (χ4n) is 6.89. The molecule has 0 atom stereocenters. The van der Waals surface area contributed by atoms with E-state index < -0.39 is 0 Å². The highest BCUT2D eigenvalue weighted by Gasteiger charge is 2.18. The molecule has 8 aromatic carbocycles. The van der Waals surface area contributed by atoms with Gasteiger partial charge in [-0.25, -0.2) is 0 Å². The Morgan fingerprint density at radius 1 is 0.326 bits per heavy atom. The van der Waals surface area contributed by atoms with E-state index >= 15 is 0 Å². The van der Waals surface area contributed by atoms with Crippen molar-refractivity contribution < 1.29 is 0 Å². The van der Waals surface area contributed by atoms with Crippen molar-refractivity contribution in [1.82, 2.24) is 0 Å². The fourth-order valence-corrected chi connectivity index (χ4v) is 8.17. The van der Waals surface area contributed by atoms with E-state index in [-0.39, 0.29) is 0 Å². The minimum absolute atomic E-state index is 1.25. The lowest BCUT2D eigenvalue weighted by Gasteiger charge is -2.17. The van der Waals surface area contributed by atoms with Crippen molar-refractivity contribution in [3.63, 3.8) is 0 Å². The van der Waals surface area contributed by atoms with Crippen molar-refractivity contribution in [1.29, 1.82) is 0 Å². The first-order valence-corrected chi connectivity index (χ1v) is 15.6. The van der Waals surface area contributed by atoms with Gasteiger partial charge in [0.1, 0.15) is 0 Å². The maximum atomic E-state index is 2.42.